The third-order valence-corrected chi connectivity index (χ3v) is 5.47. The lowest BCUT2D eigenvalue weighted by Crippen LogP contribution is -2.18. The van der Waals surface area contributed by atoms with Gasteiger partial charge < -0.3 is 10.6 Å². The van der Waals surface area contributed by atoms with Crippen molar-refractivity contribution < 1.29 is 0 Å². The van der Waals surface area contributed by atoms with E-state index in [0.717, 1.165) is 23.5 Å². The summed E-state index contributed by atoms with van der Waals surface area (Å²) in [7, 11) is 0. The first-order valence-corrected chi connectivity index (χ1v) is 10.6. The Morgan fingerprint density at radius 1 is 0.778 bits per heavy atom. The van der Waals surface area contributed by atoms with Crippen LogP contribution < -0.4 is 10.6 Å². The topological polar surface area (TPSA) is 24.1 Å². The van der Waals surface area contributed by atoms with Crippen LogP contribution in [0.3, 0.4) is 0 Å². The van der Waals surface area contributed by atoms with Gasteiger partial charge >= 0.3 is 0 Å². The van der Waals surface area contributed by atoms with Crippen molar-refractivity contribution in [2.24, 2.45) is 0 Å². The molecule has 0 radical (unpaired) electrons. The molecule has 2 nitrogen and oxygen atoms in total. The molecule has 0 aliphatic carbocycles. The van der Waals surface area contributed by atoms with E-state index in [1.54, 1.807) is 0 Å². The first kappa shape index (κ1) is 19.5. The van der Waals surface area contributed by atoms with Crippen LogP contribution in [0, 0.1) is 0 Å². The number of rotatable bonds is 7. The summed E-state index contributed by atoms with van der Waals surface area (Å²) in [6.07, 6.45) is 2.12. The lowest BCUT2D eigenvalue weighted by atomic mass is 10.1. The molecule has 0 saturated carbocycles. The number of hydrogen-bond acceptors (Lipinski definition) is 2. The van der Waals surface area contributed by atoms with E-state index in [9.17, 15) is 0 Å². The van der Waals surface area contributed by atoms with Crippen LogP contribution in [0.2, 0.25) is 0 Å². The van der Waals surface area contributed by atoms with Crippen LogP contribution in [-0.4, -0.2) is 10.9 Å². The summed E-state index contributed by atoms with van der Waals surface area (Å²) in [6, 6.07) is 27.3. The number of benzene rings is 3. The summed E-state index contributed by atoms with van der Waals surface area (Å²) in [6.45, 7) is 2.20. The van der Waals surface area contributed by atoms with Crippen LogP contribution in [0.25, 0.3) is 0 Å². The standard InChI is InChI=1S/C23H24N2S2/c1-2-16-27-22-14-12-21(13-15-22)25-23(26)24-20-10-8-19(9-11-20)17-18-6-4-3-5-7-18/h3-15H,2,16-17H2,1H3,(H2,24,25,26). The molecule has 0 aromatic heterocycles. The van der Waals surface area contributed by atoms with Crippen LogP contribution in [0.15, 0.2) is 83.8 Å². The highest BCUT2D eigenvalue weighted by molar-refractivity contribution is 7.99. The number of thioether (sulfide) groups is 1. The first-order valence-electron chi connectivity index (χ1n) is 9.16. The van der Waals surface area contributed by atoms with Crippen molar-refractivity contribution in [1.29, 1.82) is 0 Å². The zero-order valence-electron chi connectivity index (χ0n) is 15.4. The van der Waals surface area contributed by atoms with Gasteiger partial charge in [0.2, 0.25) is 0 Å². The fraction of sp³-hybridized carbons (Fsp3) is 0.174. The Kier molecular flexibility index (Phi) is 7.31. The Morgan fingerprint density at radius 2 is 1.33 bits per heavy atom. The normalized spacial score (nSPS) is 10.4. The molecule has 0 heterocycles. The highest BCUT2D eigenvalue weighted by atomic mass is 32.2. The van der Waals surface area contributed by atoms with Crippen molar-refractivity contribution in [3.05, 3.63) is 90.0 Å². The molecule has 138 valence electrons. The molecule has 0 spiro atoms. The van der Waals surface area contributed by atoms with Crippen LogP contribution in [0.1, 0.15) is 24.5 Å². The van der Waals surface area contributed by atoms with E-state index < -0.39 is 0 Å². The second kappa shape index (κ2) is 10.1. The van der Waals surface area contributed by atoms with Gasteiger partial charge in [0.05, 0.1) is 0 Å². The van der Waals surface area contributed by atoms with Gasteiger partial charge in [-0.3, -0.25) is 0 Å². The quantitative estimate of drug-likeness (QED) is 0.350. The fourth-order valence-electron chi connectivity index (χ4n) is 2.69. The van der Waals surface area contributed by atoms with Crippen molar-refractivity contribution in [3.8, 4) is 0 Å². The molecule has 4 heteroatoms. The molecule has 0 aliphatic rings. The second-order valence-corrected chi connectivity index (χ2v) is 7.89. The molecule has 0 unspecified atom stereocenters. The molecule has 0 fully saturated rings. The SMILES string of the molecule is CCCSc1ccc(NC(=S)Nc2ccc(Cc3ccccc3)cc2)cc1. The Morgan fingerprint density at radius 3 is 1.93 bits per heavy atom. The van der Waals surface area contributed by atoms with E-state index in [1.165, 1.54) is 22.4 Å². The number of anilines is 2. The molecule has 0 atom stereocenters. The zero-order valence-corrected chi connectivity index (χ0v) is 17.1. The minimum atomic E-state index is 0.597. The molecule has 0 bridgehead atoms. The van der Waals surface area contributed by atoms with Gasteiger partial charge in [0.15, 0.2) is 5.11 Å². The zero-order chi connectivity index (χ0) is 18.9. The van der Waals surface area contributed by atoms with E-state index >= 15 is 0 Å². The third kappa shape index (κ3) is 6.42. The van der Waals surface area contributed by atoms with Gasteiger partial charge in [0.25, 0.3) is 0 Å². The van der Waals surface area contributed by atoms with E-state index in [4.69, 9.17) is 12.2 Å². The Hall–Kier alpha value is -2.30. The van der Waals surface area contributed by atoms with E-state index in [-0.39, 0.29) is 0 Å². The lowest BCUT2D eigenvalue weighted by molar-refractivity contribution is 1.10. The highest BCUT2D eigenvalue weighted by Gasteiger charge is 2.01. The molecule has 2 N–H and O–H groups in total. The summed E-state index contributed by atoms with van der Waals surface area (Å²) in [4.78, 5) is 1.29. The molecule has 0 aliphatic heterocycles. The largest absolute Gasteiger partial charge is 0.332 e. The predicted molar refractivity (Wildman–Crippen MR) is 123 cm³/mol. The van der Waals surface area contributed by atoms with E-state index in [2.05, 4.69) is 90.4 Å². The first-order chi connectivity index (χ1) is 13.2. The average molecular weight is 393 g/mol. The van der Waals surface area contributed by atoms with Crippen molar-refractivity contribution in [3.63, 3.8) is 0 Å². The summed E-state index contributed by atoms with van der Waals surface area (Å²) >= 11 is 7.31. The van der Waals surface area contributed by atoms with Crippen LogP contribution in [-0.2, 0) is 6.42 Å². The minimum Gasteiger partial charge on any atom is -0.332 e. The predicted octanol–water partition coefficient (Wildman–Crippen LogP) is 6.59. The number of hydrogen-bond donors (Lipinski definition) is 2. The highest BCUT2D eigenvalue weighted by Crippen LogP contribution is 2.21. The monoisotopic (exact) mass is 392 g/mol. The summed E-state index contributed by atoms with van der Waals surface area (Å²) in [5.41, 5.74) is 4.58. The maximum absolute atomic E-state index is 5.43. The number of thiocarbonyl (C=S) groups is 1. The molecule has 3 aromatic rings. The second-order valence-electron chi connectivity index (χ2n) is 6.31. The van der Waals surface area contributed by atoms with E-state index in [1.807, 2.05) is 17.8 Å². The molecule has 0 amide bonds. The fourth-order valence-corrected chi connectivity index (χ4v) is 3.69. The Bertz CT molecular complexity index is 844. The van der Waals surface area contributed by atoms with Gasteiger partial charge in [0.1, 0.15) is 0 Å². The van der Waals surface area contributed by atoms with Crippen molar-refractivity contribution >= 4 is 40.5 Å². The molecular formula is C23H24N2S2. The summed E-state index contributed by atoms with van der Waals surface area (Å²) in [5.74, 6) is 1.15. The lowest BCUT2D eigenvalue weighted by Gasteiger charge is -2.11. The maximum atomic E-state index is 5.43. The van der Waals surface area contributed by atoms with Crippen LogP contribution in [0.5, 0.6) is 0 Å². The van der Waals surface area contributed by atoms with E-state index in [0.29, 0.717) is 5.11 Å². The minimum absolute atomic E-state index is 0.597. The smallest absolute Gasteiger partial charge is 0.175 e. The van der Waals surface area contributed by atoms with Gasteiger partial charge in [-0.2, -0.15) is 0 Å². The average Bonchev–Trinajstić information content (AvgIpc) is 2.70. The Labute approximate surface area is 171 Å². The van der Waals surface area contributed by atoms with Gasteiger partial charge in [0, 0.05) is 16.3 Å². The van der Waals surface area contributed by atoms with Crippen LogP contribution in [0.4, 0.5) is 11.4 Å². The van der Waals surface area contributed by atoms with Gasteiger partial charge in [-0.15, -0.1) is 11.8 Å². The van der Waals surface area contributed by atoms with Gasteiger partial charge in [-0.25, -0.2) is 0 Å². The number of nitrogens with one attached hydrogen (secondary N) is 2. The molecule has 0 saturated heterocycles. The van der Waals surface area contributed by atoms with Crippen molar-refractivity contribution in [1.82, 2.24) is 0 Å². The Balaban J connectivity index is 1.51. The van der Waals surface area contributed by atoms with Crippen molar-refractivity contribution in [2.75, 3.05) is 16.4 Å². The van der Waals surface area contributed by atoms with Gasteiger partial charge in [-0.05, 0) is 78.3 Å². The van der Waals surface area contributed by atoms with Crippen LogP contribution >= 0.6 is 24.0 Å². The molecular weight excluding hydrogens is 368 g/mol. The molecule has 3 rings (SSSR count). The third-order valence-electron chi connectivity index (χ3n) is 4.05. The summed E-state index contributed by atoms with van der Waals surface area (Å²) in [5, 5.41) is 7.08. The summed E-state index contributed by atoms with van der Waals surface area (Å²) < 4.78 is 0. The van der Waals surface area contributed by atoms with Gasteiger partial charge in [-0.1, -0.05) is 49.4 Å². The molecule has 27 heavy (non-hydrogen) atoms. The maximum Gasteiger partial charge on any atom is 0.175 e. The molecule has 3 aromatic carbocycles. The van der Waals surface area contributed by atoms with Crippen molar-refractivity contribution in [2.45, 2.75) is 24.7 Å².